The van der Waals surface area contributed by atoms with Gasteiger partial charge in [0, 0.05) is 6.42 Å². The topological polar surface area (TPSA) is 60.2 Å². The lowest BCUT2D eigenvalue weighted by Gasteiger charge is -2.13. The van der Waals surface area contributed by atoms with Crippen LogP contribution in [-0.4, -0.2) is 17.2 Å². The molecular weight excluding hydrogens is 316 g/mol. The summed E-state index contributed by atoms with van der Waals surface area (Å²) in [4.78, 5) is 22.9. The Morgan fingerprint density at radius 2 is 1.32 bits per heavy atom. The molecule has 128 valence electrons. The summed E-state index contributed by atoms with van der Waals surface area (Å²) >= 11 is 0. The van der Waals surface area contributed by atoms with Gasteiger partial charge in [-0.3, -0.25) is 4.79 Å². The summed E-state index contributed by atoms with van der Waals surface area (Å²) in [6, 6.07) is 19.5. The SMILES string of the molecule is O=C1CCCC(=NOCc2ccccc2)C1=NOCc1ccccc1. The maximum atomic E-state index is 12.1. The van der Waals surface area contributed by atoms with Crippen molar-refractivity contribution in [2.45, 2.75) is 32.5 Å². The fourth-order valence-electron chi connectivity index (χ4n) is 2.51. The largest absolute Gasteiger partial charge is 0.391 e. The highest BCUT2D eigenvalue weighted by Gasteiger charge is 2.25. The van der Waals surface area contributed by atoms with Crippen LogP contribution in [0.1, 0.15) is 30.4 Å². The molecule has 1 saturated carbocycles. The monoisotopic (exact) mass is 336 g/mol. The number of ketones is 1. The first kappa shape index (κ1) is 16.9. The van der Waals surface area contributed by atoms with Crippen molar-refractivity contribution in [2.24, 2.45) is 10.3 Å². The fourth-order valence-corrected chi connectivity index (χ4v) is 2.51. The normalized spacial score (nSPS) is 17.7. The molecule has 3 rings (SSSR count). The number of nitrogens with zero attached hydrogens (tertiary/aromatic N) is 2. The molecule has 5 nitrogen and oxygen atoms in total. The third kappa shape index (κ3) is 5.01. The lowest BCUT2D eigenvalue weighted by molar-refractivity contribution is -0.113. The van der Waals surface area contributed by atoms with Gasteiger partial charge < -0.3 is 9.68 Å². The third-order valence-electron chi connectivity index (χ3n) is 3.83. The van der Waals surface area contributed by atoms with Crippen LogP contribution in [0.25, 0.3) is 0 Å². The first-order chi connectivity index (χ1) is 12.3. The number of rotatable bonds is 6. The maximum absolute atomic E-state index is 12.1. The van der Waals surface area contributed by atoms with E-state index in [1.54, 1.807) is 0 Å². The van der Waals surface area contributed by atoms with Crippen molar-refractivity contribution >= 4 is 17.2 Å². The summed E-state index contributed by atoms with van der Waals surface area (Å²) in [5, 5.41) is 8.14. The van der Waals surface area contributed by atoms with Crippen LogP contribution < -0.4 is 0 Å². The van der Waals surface area contributed by atoms with Crippen molar-refractivity contribution in [1.82, 2.24) is 0 Å². The molecule has 0 saturated heterocycles. The number of carbonyl (C=O) groups is 1. The summed E-state index contributed by atoms with van der Waals surface area (Å²) in [6.45, 7) is 0.673. The average Bonchev–Trinajstić information content (AvgIpc) is 2.65. The van der Waals surface area contributed by atoms with Crippen LogP contribution in [0, 0.1) is 0 Å². The van der Waals surface area contributed by atoms with Crippen LogP contribution in [0.15, 0.2) is 71.0 Å². The number of hydrogen-bond donors (Lipinski definition) is 0. The molecule has 2 aromatic carbocycles. The minimum Gasteiger partial charge on any atom is -0.391 e. The van der Waals surface area contributed by atoms with Crippen molar-refractivity contribution in [1.29, 1.82) is 0 Å². The van der Waals surface area contributed by atoms with E-state index in [1.165, 1.54) is 0 Å². The molecule has 0 radical (unpaired) electrons. The Hall–Kier alpha value is -2.95. The van der Waals surface area contributed by atoms with E-state index in [9.17, 15) is 4.79 Å². The van der Waals surface area contributed by atoms with Crippen molar-refractivity contribution in [3.8, 4) is 0 Å². The van der Waals surface area contributed by atoms with Crippen LogP contribution in [0.3, 0.4) is 0 Å². The van der Waals surface area contributed by atoms with Gasteiger partial charge in [-0.2, -0.15) is 0 Å². The number of hydrogen-bond acceptors (Lipinski definition) is 5. The molecule has 0 amide bonds. The molecule has 0 atom stereocenters. The quantitative estimate of drug-likeness (QED) is 0.752. The van der Waals surface area contributed by atoms with Gasteiger partial charge in [0.05, 0.1) is 0 Å². The lowest BCUT2D eigenvalue weighted by Crippen LogP contribution is -2.29. The molecule has 0 spiro atoms. The molecule has 25 heavy (non-hydrogen) atoms. The van der Waals surface area contributed by atoms with Crippen molar-refractivity contribution in [3.63, 3.8) is 0 Å². The second-order valence-electron chi connectivity index (χ2n) is 5.77. The van der Waals surface area contributed by atoms with Gasteiger partial charge in [-0.1, -0.05) is 71.0 Å². The summed E-state index contributed by atoms with van der Waals surface area (Å²) in [5.74, 6) is -0.0543. The smallest absolute Gasteiger partial charge is 0.186 e. The predicted octanol–water partition coefficient (Wildman–Crippen LogP) is 3.89. The molecule has 0 heterocycles. The van der Waals surface area contributed by atoms with E-state index in [2.05, 4.69) is 10.3 Å². The zero-order valence-corrected chi connectivity index (χ0v) is 13.9. The highest BCUT2D eigenvalue weighted by atomic mass is 16.6. The molecular formula is C20H20N2O3. The van der Waals surface area contributed by atoms with Crippen molar-refractivity contribution in [2.75, 3.05) is 0 Å². The number of carbonyl (C=O) groups excluding carboxylic acids is 1. The van der Waals surface area contributed by atoms with Gasteiger partial charge in [0.15, 0.2) is 11.5 Å². The summed E-state index contributed by atoms with van der Waals surface area (Å²) in [7, 11) is 0. The highest BCUT2D eigenvalue weighted by Crippen LogP contribution is 2.13. The zero-order valence-electron chi connectivity index (χ0n) is 13.9. The second kappa shape index (κ2) is 8.78. The number of oxime groups is 2. The Balaban J connectivity index is 1.62. The molecule has 0 bridgehead atoms. The summed E-state index contributed by atoms with van der Waals surface area (Å²) in [5.41, 5.74) is 2.84. The van der Waals surface area contributed by atoms with E-state index in [1.807, 2.05) is 60.7 Å². The van der Waals surface area contributed by atoms with E-state index in [0.717, 1.165) is 17.5 Å². The van der Waals surface area contributed by atoms with Gasteiger partial charge in [-0.15, -0.1) is 0 Å². The van der Waals surface area contributed by atoms with Crippen LogP contribution >= 0.6 is 0 Å². The van der Waals surface area contributed by atoms with Crippen LogP contribution in [0.2, 0.25) is 0 Å². The minimum atomic E-state index is -0.0543. The number of Topliss-reactive ketones (excluding diaryl/α,β-unsaturated/α-hetero) is 1. The Morgan fingerprint density at radius 3 is 1.92 bits per heavy atom. The Labute approximate surface area is 146 Å². The van der Waals surface area contributed by atoms with Gasteiger partial charge in [0.2, 0.25) is 0 Å². The van der Waals surface area contributed by atoms with Gasteiger partial charge in [0.1, 0.15) is 18.9 Å². The van der Waals surface area contributed by atoms with Gasteiger partial charge in [-0.05, 0) is 24.0 Å². The van der Waals surface area contributed by atoms with E-state index in [4.69, 9.17) is 9.68 Å². The molecule has 0 aliphatic heterocycles. The van der Waals surface area contributed by atoms with E-state index in [-0.39, 0.29) is 11.5 Å². The molecule has 1 fully saturated rings. The summed E-state index contributed by atoms with van der Waals surface area (Å²) in [6.07, 6.45) is 1.88. The molecule has 5 heteroatoms. The lowest BCUT2D eigenvalue weighted by atomic mass is 9.95. The average molecular weight is 336 g/mol. The Morgan fingerprint density at radius 1 is 0.760 bits per heavy atom. The van der Waals surface area contributed by atoms with Crippen LogP contribution in [-0.2, 0) is 27.7 Å². The van der Waals surface area contributed by atoms with Gasteiger partial charge >= 0.3 is 0 Å². The third-order valence-corrected chi connectivity index (χ3v) is 3.83. The molecule has 0 aromatic heterocycles. The van der Waals surface area contributed by atoms with Gasteiger partial charge in [-0.25, -0.2) is 0 Å². The molecule has 2 aromatic rings. The molecule has 0 unspecified atom stereocenters. The minimum absolute atomic E-state index is 0.0543. The van der Waals surface area contributed by atoms with Crippen LogP contribution in [0.5, 0.6) is 0 Å². The van der Waals surface area contributed by atoms with E-state index in [0.29, 0.717) is 31.8 Å². The van der Waals surface area contributed by atoms with E-state index < -0.39 is 0 Å². The summed E-state index contributed by atoms with van der Waals surface area (Å²) < 4.78 is 0. The molecule has 1 aliphatic carbocycles. The Bertz CT molecular complexity index is 755. The predicted molar refractivity (Wildman–Crippen MR) is 96.2 cm³/mol. The van der Waals surface area contributed by atoms with E-state index >= 15 is 0 Å². The fraction of sp³-hybridized carbons (Fsp3) is 0.250. The molecule has 1 aliphatic rings. The van der Waals surface area contributed by atoms with Crippen molar-refractivity contribution < 1.29 is 14.5 Å². The zero-order chi connectivity index (χ0) is 17.3. The Kier molecular flexibility index (Phi) is 5.93. The second-order valence-corrected chi connectivity index (χ2v) is 5.77. The first-order valence-electron chi connectivity index (χ1n) is 8.33. The number of benzene rings is 2. The standard InChI is InChI=1S/C20H20N2O3/c23-19-13-7-12-18(21-24-14-16-8-3-1-4-9-16)20(19)22-25-15-17-10-5-2-6-11-17/h1-6,8-11H,7,12-15H2. The van der Waals surface area contributed by atoms with Gasteiger partial charge in [0.25, 0.3) is 0 Å². The maximum Gasteiger partial charge on any atom is 0.186 e. The van der Waals surface area contributed by atoms with Crippen molar-refractivity contribution in [3.05, 3.63) is 71.8 Å². The highest BCUT2D eigenvalue weighted by molar-refractivity contribution is 6.68. The van der Waals surface area contributed by atoms with Crippen LogP contribution in [0.4, 0.5) is 0 Å². The molecule has 0 N–H and O–H groups in total. The first-order valence-corrected chi connectivity index (χ1v) is 8.33.